The number of aromatic nitrogens is 1. The molecule has 1 aromatic rings. The summed E-state index contributed by atoms with van der Waals surface area (Å²) in [5, 5.41) is 20.4. The Labute approximate surface area is 117 Å². The van der Waals surface area contributed by atoms with E-state index >= 15 is 0 Å². The third kappa shape index (κ3) is 4.85. The van der Waals surface area contributed by atoms with Gasteiger partial charge in [0, 0.05) is 31.9 Å². The lowest BCUT2D eigenvalue weighted by Crippen LogP contribution is -2.51. The first-order chi connectivity index (χ1) is 9.41. The van der Waals surface area contributed by atoms with Crippen LogP contribution in [0.2, 0.25) is 0 Å². The molecule has 0 radical (unpaired) electrons. The summed E-state index contributed by atoms with van der Waals surface area (Å²) in [5.41, 5.74) is 0.845. The van der Waals surface area contributed by atoms with Crippen LogP contribution < -0.4 is 5.32 Å². The lowest BCUT2D eigenvalue weighted by molar-refractivity contribution is -0.141. The first kappa shape index (κ1) is 15.9. The fraction of sp³-hybridized carbons (Fsp3) is 0.462. The van der Waals surface area contributed by atoms with Crippen LogP contribution in [0.15, 0.2) is 24.4 Å². The summed E-state index contributed by atoms with van der Waals surface area (Å²) in [6.45, 7) is 1.71. The average Bonchev–Trinajstić information content (AvgIpc) is 2.42. The molecule has 1 rings (SSSR count). The second kappa shape index (κ2) is 7.44. The summed E-state index contributed by atoms with van der Waals surface area (Å²) in [6, 6.07) is 3.65. The van der Waals surface area contributed by atoms with Crippen LogP contribution >= 0.6 is 0 Å². The maximum absolute atomic E-state index is 11.8. The number of urea groups is 1. The van der Waals surface area contributed by atoms with Crippen molar-refractivity contribution in [2.75, 3.05) is 13.6 Å². The van der Waals surface area contributed by atoms with Crippen molar-refractivity contribution in [3.05, 3.63) is 30.1 Å². The molecule has 0 saturated carbocycles. The zero-order valence-electron chi connectivity index (χ0n) is 11.5. The van der Waals surface area contributed by atoms with Gasteiger partial charge >= 0.3 is 12.0 Å². The average molecular weight is 281 g/mol. The summed E-state index contributed by atoms with van der Waals surface area (Å²) in [4.78, 5) is 28.2. The SMILES string of the molecule is C[C@@H](O)[C@H](NC(=O)N(C)CCc1ccccn1)C(=O)O. The van der Waals surface area contributed by atoms with Crippen molar-refractivity contribution in [3.8, 4) is 0 Å². The number of aliphatic hydroxyl groups is 1. The molecule has 1 aromatic heterocycles. The minimum atomic E-state index is -1.32. The molecule has 0 aliphatic heterocycles. The number of hydrogen-bond acceptors (Lipinski definition) is 4. The molecule has 3 N–H and O–H groups in total. The van der Waals surface area contributed by atoms with Gasteiger partial charge in [-0.05, 0) is 19.1 Å². The molecular weight excluding hydrogens is 262 g/mol. The topological polar surface area (TPSA) is 103 Å². The van der Waals surface area contributed by atoms with Gasteiger partial charge in [-0.1, -0.05) is 6.07 Å². The van der Waals surface area contributed by atoms with Crippen LogP contribution in [0.25, 0.3) is 0 Å². The monoisotopic (exact) mass is 281 g/mol. The number of carboxylic acid groups (broad SMARTS) is 1. The maximum Gasteiger partial charge on any atom is 0.328 e. The highest BCUT2D eigenvalue weighted by Crippen LogP contribution is 1.99. The van der Waals surface area contributed by atoms with Gasteiger partial charge in [-0.15, -0.1) is 0 Å². The molecule has 2 atom stereocenters. The molecule has 0 aliphatic rings. The van der Waals surface area contributed by atoms with E-state index < -0.39 is 24.1 Å². The van der Waals surface area contributed by atoms with E-state index in [4.69, 9.17) is 5.11 Å². The third-order valence-corrected chi connectivity index (χ3v) is 2.80. The van der Waals surface area contributed by atoms with Crippen LogP contribution in [0, 0.1) is 0 Å². The standard InChI is InChI=1S/C13H19N3O4/c1-9(17)11(12(18)19)15-13(20)16(2)8-6-10-5-3-4-7-14-10/h3-5,7,9,11,17H,6,8H2,1-2H3,(H,15,20)(H,18,19)/t9-,11+/m1/s1. The second-order valence-corrected chi connectivity index (χ2v) is 4.50. The van der Waals surface area contributed by atoms with E-state index in [-0.39, 0.29) is 0 Å². The summed E-state index contributed by atoms with van der Waals surface area (Å²) in [6.07, 6.45) is 1.07. The number of nitrogens with one attached hydrogen (secondary N) is 1. The van der Waals surface area contributed by atoms with E-state index in [2.05, 4.69) is 10.3 Å². The van der Waals surface area contributed by atoms with Gasteiger partial charge in [0.25, 0.3) is 0 Å². The molecule has 0 aromatic carbocycles. The van der Waals surface area contributed by atoms with Crippen molar-refractivity contribution in [2.24, 2.45) is 0 Å². The zero-order valence-corrected chi connectivity index (χ0v) is 11.5. The zero-order chi connectivity index (χ0) is 15.1. The Balaban J connectivity index is 2.48. The van der Waals surface area contributed by atoms with E-state index in [0.717, 1.165) is 5.69 Å². The Morgan fingerprint density at radius 3 is 2.65 bits per heavy atom. The molecule has 0 aliphatic carbocycles. The van der Waals surface area contributed by atoms with Gasteiger partial charge in [-0.3, -0.25) is 4.98 Å². The van der Waals surface area contributed by atoms with Gasteiger partial charge in [-0.2, -0.15) is 0 Å². The summed E-state index contributed by atoms with van der Waals surface area (Å²) in [7, 11) is 1.55. The van der Waals surface area contributed by atoms with E-state index in [9.17, 15) is 14.7 Å². The molecule has 0 unspecified atom stereocenters. The molecule has 110 valence electrons. The number of nitrogens with zero attached hydrogens (tertiary/aromatic N) is 2. The second-order valence-electron chi connectivity index (χ2n) is 4.50. The van der Waals surface area contributed by atoms with Crippen molar-refractivity contribution in [3.63, 3.8) is 0 Å². The first-order valence-electron chi connectivity index (χ1n) is 6.24. The van der Waals surface area contributed by atoms with Crippen LogP contribution in [0.5, 0.6) is 0 Å². The Hall–Kier alpha value is -2.15. The minimum Gasteiger partial charge on any atom is -0.480 e. The molecule has 20 heavy (non-hydrogen) atoms. The highest BCUT2D eigenvalue weighted by molar-refractivity contribution is 5.82. The van der Waals surface area contributed by atoms with Gasteiger partial charge in [0.1, 0.15) is 0 Å². The number of rotatable bonds is 6. The fourth-order valence-electron chi connectivity index (χ4n) is 1.56. The number of carbonyl (C=O) groups is 2. The number of amides is 2. The first-order valence-corrected chi connectivity index (χ1v) is 6.24. The van der Waals surface area contributed by atoms with Gasteiger partial charge < -0.3 is 20.4 Å². The van der Waals surface area contributed by atoms with Crippen molar-refractivity contribution in [1.29, 1.82) is 0 Å². The lowest BCUT2D eigenvalue weighted by Gasteiger charge is -2.22. The molecule has 0 fully saturated rings. The van der Waals surface area contributed by atoms with Crippen LogP contribution in [0.1, 0.15) is 12.6 Å². The third-order valence-electron chi connectivity index (χ3n) is 2.80. The number of pyridine rings is 1. The quantitative estimate of drug-likeness (QED) is 0.686. The van der Waals surface area contributed by atoms with E-state index in [1.54, 1.807) is 19.3 Å². The van der Waals surface area contributed by atoms with Crippen LogP contribution in [0.4, 0.5) is 4.79 Å². The maximum atomic E-state index is 11.8. The van der Waals surface area contributed by atoms with E-state index in [0.29, 0.717) is 13.0 Å². The van der Waals surface area contributed by atoms with E-state index in [1.807, 2.05) is 12.1 Å². The summed E-state index contributed by atoms with van der Waals surface area (Å²) in [5.74, 6) is -1.27. The van der Waals surface area contributed by atoms with Crippen LogP contribution in [0.3, 0.4) is 0 Å². The predicted molar refractivity (Wildman–Crippen MR) is 72.2 cm³/mol. The molecular formula is C13H19N3O4. The number of aliphatic hydroxyl groups excluding tert-OH is 1. The molecule has 0 spiro atoms. The van der Waals surface area contributed by atoms with Crippen molar-refractivity contribution in [1.82, 2.24) is 15.2 Å². The number of carboxylic acids is 1. The molecule has 2 amide bonds. The molecule has 7 heteroatoms. The molecule has 0 saturated heterocycles. The Bertz CT molecular complexity index is 450. The highest BCUT2D eigenvalue weighted by atomic mass is 16.4. The predicted octanol–water partition coefficient (Wildman–Crippen LogP) is 0.0995. The van der Waals surface area contributed by atoms with E-state index in [1.165, 1.54) is 11.8 Å². The van der Waals surface area contributed by atoms with Gasteiger partial charge in [0.05, 0.1) is 6.10 Å². The van der Waals surface area contributed by atoms with Crippen molar-refractivity contribution < 1.29 is 19.8 Å². The van der Waals surface area contributed by atoms with Crippen LogP contribution in [-0.2, 0) is 11.2 Å². The molecule has 1 heterocycles. The minimum absolute atomic E-state index is 0.398. The molecule has 7 nitrogen and oxygen atoms in total. The van der Waals surface area contributed by atoms with Gasteiger partial charge in [0.2, 0.25) is 0 Å². The highest BCUT2D eigenvalue weighted by Gasteiger charge is 2.26. The fourth-order valence-corrected chi connectivity index (χ4v) is 1.56. The summed E-state index contributed by atoms with van der Waals surface area (Å²) >= 11 is 0. The number of hydrogen-bond donors (Lipinski definition) is 3. The van der Waals surface area contributed by atoms with Crippen molar-refractivity contribution in [2.45, 2.75) is 25.5 Å². The van der Waals surface area contributed by atoms with Crippen molar-refractivity contribution >= 4 is 12.0 Å². The Morgan fingerprint density at radius 1 is 1.45 bits per heavy atom. The van der Waals surface area contributed by atoms with Gasteiger partial charge in [-0.25, -0.2) is 9.59 Å². The summed E-state index contributed by atoms with van der Waals surface area (Å²) < 4.78 is 0. The number of aliphatic carboxylic acids is 1. The normalized spacial score (nSPS) is 13.3. The largest absolute Gasteiger partial charge is 0.480 e. The smallest absolute Gasteiger partial charge is 0.328 e. The Kier molecular flexibility index (Phi) is 5.92. The lowest BCUT2D eigenvalue weighted by atomic mass is 10.2. The van der Waals surface area contributed by atoms with Crippen LogP contribution in [-0.4, -0.2) is 57.8 Å². The Morgan fingerprint density at radius 2 is 2.15 bits per heavy atom. The number of likely N-dealkylation sites (N-methyl/N-ethyl adjacent to an activating group) is 1. The van der Waals surface area contributed by atoms with Gasteiger partial charge in [0.15, 0.2) is 6.04 Å². The number of carbonyl (C=O) groups excluding carboxylic acids is 1. The molecule has 0 bridgehead atoms.